The lowest BCUT2D eigenvalue weighted by atomic mass is 10.0. The van der Waals surface area contributed by atoms with E-state index in [1.165, 1.54) is 154 Å². The zero-order valence-electron chi connectivity index (χ0n) is 33.2. The second-order valence-corrected chi connectivity index (χ2v) is 15.0. The van der Waals surface area contributed by atoms with Crippen molar-refractivity contribution in [1.82, 2.24) is 10.2 Å². The van der Waals surface area contributed by atoms with Crippen molar-refractivity contribution in [3.05, 3.63) is 0 Å². The molecule has 2 N–H and O–H groups in total. The van der Waals surface area contributed by atoms with E-state index >= 15 is 0 Å². The van der Waals surface area contributed by atoms with E-state index in [9.17, 15) is 19.5 Å². The van der Waals surface area contributed by atoms with Crippen LogP contribution in [0.2, 0.25) is 0 Å². The molecule has 0 bridgehead atoms. The SMILES string of the molecule is CCCCCCCCCCCCCCCCCC(=O)N[C@@H](CCC(=O)O)C(=O)N(CCCCCCCCCC)CCCCCCCCCC. The number of carbonyl (C=O) groups excluding carboxylic acids is 2. The maximum atomic E-state index is 13.8. The Hall–Kier alpha value is -1.59. The number of rotatable bonds is 39. The molecule has 0 saturated carbocycles. The quantitative estimate of drug-likeness (QED) is 0.0628. The minimum Gasteiger partial charge on any atom is -0.481 e. The van der Waals surface area contributed by atoms with E-state index in [-0.39, 0.29) is 24.7 Å². The fourth-order valence-corrected chi connectivity index (χ4v) is 6.87. The predicted octanol–water partition coefficient (Wildman–Crippen LogP) is 12.7. The average Bonchev–Trinajstić information content (AvgIpc) is 3.09. The number of nitrogens with zero attached hydrogens (tertiary/aromatic N) is 1. The maximum Gasteiger partial charge on any atom is 0.303 e. The van der Waals surface area contributed by atoms with Gasteiger partial charge in [0.05, 0.1) is 0 Å². The second kappa shape index (κ2) is 37.7. The number of unbranched alkanes of at least 4 members (excludes halogenated alkanes) is 28. The topological polar surface area (TPSA) is 86.7 Å². The molecule has 0 rings (SSSR count). The number of aliphatic carboxylic acids is 1. The summed E-state index contributed by atoms with van der Waals surface area (Å²) in [6.45, 7) is 8.15. The van der Waals surface area contributed by atoms with E-state index in [1.807, 2.05) is 4.90 Å². The first-order chi connectivity index (χ1) is 24.0. The van der Waals surface area contributed by atoms with Crippen LogP contribution in [-0.4, -0.2) is 46.9 Å². The number of carboxylic acid groups (broad SMARTS) is 1. The summed E-state index contributed by atoms with van der Waals surface area (Å²) in [7, 11) is 0. The van der Waals surface area contributed by atoms with Gasteiger partial charge in [-0.2, -0.15) is 0 Å². The van der Waals surface area contributed by atoms with E-state index < -0.39 is 12.0 Å². The van der Waals surface area contributed by atoms with Gasteiger partial charge < -0.3 is 15.3 Å². The van der Waals surface area contributed by atoms with Crippen LogP contribution in [0, 0.1) is 0 Å². The first kappa shape index (κ1) is 47.4. The van der Waals surface area contributed by atoms with Crippen molar-refractivity contribution in [2.45, 2.75) is 245 Å². The third-order valence-corrected chi connectivity index (χ3v) is 10.2. The lowest BCUT2D eigenvalue weighted by Gasteiger charge is -2.28. The van der Waals surface area contributed by atoms with Gasteiger partial charge in [-0.05, 0) is 25.7 Å². The Kier molecular flexibility index (Phi) is 36.4. The Morgan fingerprint density at radius 1 is 0.449 bits per heavy atom. The van der Waals surface area contributed by atoms with Crippen molar-refractivity contribution in [3.8, 4) is 0 Å². The molecule has 0 aromatic rings. The molecule has 0 unspecified atom stereocenters. The summed E-state index contributed by atoms with van der Waals surface area (Å²) in [6.07, 6.45) is 39.1. The Morgan fingerprint density at radius 2 is 0.755 bits per heavy atom. The minimum absolute atomic E-state index is 0.0861. The first-order valence-corrected chi connectivity index (χ1v) is 21.8. The molecule has 0 aromatic carbocycles. The molecule has 2 amide bonds. The van der Waals surface area contributed by atoms with Crippen LogP contribution in [0.5, 0.6) is 0 Å². The summed E-state index contributed by atoms with van der Waals surface area (Å²) in [5.41, 5.74) is 0. The van der Waals surface area contributed by atoms with Crippen molar-refractivity contribution < 1.29 is 19.5 Å². The molecular weight excluding hydrogens is 608 g/mol. The minimum atomic E-state index is -0.924. The van der Waals surface area contributed by atoms with Crippen LogP contribution in [0.4, 0.5) is 0 Å². The van der Waals surface area contributed by atoms with Gasteiger partial charge in [-0.25, -0.2) is 0 Å². The van der Waals surface area contributed by atoms with E-state index in [0.717, 1.165) is 44.9 Å². The Bertz CT molecular complexity index is 723. The summed E-state index contributed by atoms with van der Waals surface area (Å²) in [6, 6.07) is -0.747. The molecule has 0 aliphatic carbocycles. The Labute approximate surface area is 305 Å². The highest BCUT2D eigenvalue weighted by Gasteiger charge is 2.26. The normalized spacial score (nSPS) is 11.9. The fraction of sp³-hybridized carbons (Fsp3) is 0.930. The Morgan fingerprint density at radius 3 is 1.08 bits per heavy atom. The molecular formula is C43H84N2O4. The van der Waals surface area contributed by atoms with E-state index in [2.05, 4.69) is 26.1 Å². The molecule has 0 radical (unpaired) electrons. The molecule has 0 aliphatic heterocycles. The van der Waals surface area contributed by atoms with Crippen LogP contribution in [0.15, 0.2) is 0 Å². The van der Waals surface area contributed by atoms with Gasteiger partial charge >= 0.3 is 5.97 Å². The zero-order chi connectivity index (χ0) is 36.0. The highest BCUT2D eigenvalue weighted by molar-refractivity contribution is 5.88. The lowest BCUT2D eigenvalue weighted by molar-refractivity contribution is -0.139. The monoisotopic (exact) mass is 693 g/mol. The van der Waals surface area contributed by atoms with Gasteiger partial charge in [0.1, 0.15) is 6.04 Å². The number of hydrogen-bond donors (Lipinski definition) is 2. The maximum absolute atomic E-state index is 13.8. The van der Waals surface area contributed by atoms with Crippen LogP contribution >= 0.6 is 0 Å². The van der Waals surface area contributed by atoms with Gasteiger partial charge in [0.25, 0.3) is 0 Å². The van der Waals surface area contributed by atoms with Crippen LogP contribution in [0.1, 0.15) is 239 Å². The van der Waals surface area contributed by atoms with Crippen LogP contribution < -0.4 is 5.32 Å². The van der Waals surface area contributed by atoms with Gasteiger partial charge in [-0.3, -0.25) is 14.4 Å². The summed E-state index contributed by atoms with van der Waals surface area (Å²) in [5.74, 6) is -1.12. The molecule has 0 spiro atoms. The Balaban J connectivity index is 4.61. The van der Waals surface area contributed by atoms with Crippen LogP contribution in [0.3, 0.4) is 0 Å². The van der Waals surface area contributed by atoms with Gasteiger partial charge in [0.2, 0.25) is 11.8 Å². The summed E-state index contributed by atoms with van der Waals surface area (Å²) >= 11 is 0. The van der Waals surface area contributed by atoms with Gasteiger partial charge in [0.15, 0.2) is 0 Å². The first-order valence-electron chi connectivity index (χ1n) is 21.8. The number of hydrogen-bond acceptors (Lipinski definition) is 3. The summed E-state index contributed by atoms with van der Waals surface area (Å²) in [5, 5.41) is 12.4. The molecule has 0 aliphatic rings. The molecule has 0 fully saturated rings. The molecule has 6 nitrogen and oxygen atoms in total. The molecule has 0 aromatic heterocycles. The molecule has 0 heterocycles. The van der Waals surface area contributed by atoms with Gasteiger partial charge in [-0.15, -0.1) is 0 Å². The van der Waals surface area contributed by atoms with Crippen molar-refractivity contribution in [2.24, 2.45) is 0 Å². The summed E-state index contributed by atoms with van der Waals surface area (Å²) in [4.78, 5) is 40.1. The largest absolute Gasteiger partial charge is 0.481 e. The molecule has 49 heavy (non-hydrogen) atoms. The highest BCUT2D eigenvalue weighted by atomic mass is 16.4. The predicted molar refractivity (Wildman–Crippen MR) is 210 cm³/mol. The second-order valence-electron chi connectivity index (χ2n) is 15.0. The van der Waals surface area contributed by atoms with Crippen molar-refractivity contribution in [1.29, 1.82) is 0 Å². The number of nitrogens with one attached hydrogen (secondary N) is 1. The van der Waals surface area contributed by atoms with Crippen LogP contribution in [-0.2, 0) is 14.4 Å². The number of amides is 2. The molecule has 290 valence electrons. The third kappa shape index (κ3) is 33.3. The van der Waals surface area contributed by atoms with Crippen molar-refractivity contribution in [2.75, 3.05) is 13.1 Å². The number of carboxylic acids is 1. The third-order valence-electron chi connectivity index (χ3n) is 10.2. The molecule has 1 atom stereocenters. The van der Waals surface area contributed by atoms with E-state index in [4.69, 9.17) is 0 Å². The van der Waals surface area contributed by atoms with Gasteiger partial charge in [0, 0.05) is 25.9 Å². The van der Waals surface area contributed by atoms with Gasteiger partial charge in [-0.1, -0.05) is 201 Å². The van der Waals surface area contributed by atoms with Crippen molar-refractivity contribution in [3.63, 3.8) is 0 Å². The summed E-state index contributed by atoms with van der Waals surface area (Å²) < 4.78 is 0. The molecule has 0 saturated heterocycles. The fourth-order valence-electron chi connectivity index (χ4n) is 6.87. The standard InChI is InChI=1S/C43H84N2O4/c1-4-7-10-13-16-19-20-21-22-23-24-25-26-29-32-35-41(46)44-40(36-37-42(47)48)43(49)45(38-33-30-27-17-14-11-8-5-2)39-34-31-28-18-15-12-9-6-3/h40H,4-39H2,1-3H3,(H,44,46)(H,47,48)/t40-/m0/s1. The van der Waals surface area contributed by atoms with E-state index in [0.29, 0.717) is 19.5 Å². The molecule has 6 heteroatoms. The highest BCUT2D eigenvalue weighted by Crippen LogP contribution is 2.16. The number of carbonyl (C=O) groups is 3. The van der Waals surface area contributed by atoms with E-state index in [1.54, 1.807) is 0 Å². The lowest BCUT2D eigenvalue weighted by Crippen LogP contribution is -2.49. The average molecular weight is 693 g/mol. The van der Waals surface area contributed by atoms with Crippen LogP contribution in [0.25, 0.3) is 0 Å². The zero-order valence-corrected chi connectivity index (χ0v) is 33.2. The smallest absolute Gasteiger partial charge is 0.303 e. The van der Waals surface area contributed by atoms with Crippen molar-refractivity contribution >= 4 is 17.8 Å².